The van der Waals surface area contributed by atoms with E-state index in [1.54, 1.807) is 18.2 Å². The van der Waals surface area contributed by atoms with Crippen LogP contribution in [0.5, 0.6) is 0 Å². The van der Waals surface area contributed by atoms with Crippen molar-refractivity contribution in [2.75, 3.05) is 38.6 Å². The van der Waals surface area contributed by atoms with E-state index in [4.69, 9.17) is 9.84 Å². The molecule has 0 saturated carbocycles. The number of carbonyl (C=O) groups excluding carboxylic acids is 1. The number of amides is 2. The Balaban J connectivity index is 1.86. The van der Waals surface area contributed by atoms with Crippen LogP contribution in [0.25, 0.3) is 0 Å². The largest absolute Gasteiger partial charge is 0.478 e. The Hall–Kier alpha value is -2.12. The number of hydrogen-bond acceptors (Lipinski definition) is 4. The van der Waals surface area contributed by atoms with Gasteiger partial charge in [0.15, 0.2) is 0 Å². The highest BCUT2D eigenvalue weighted by Crippen LogP contribution is 2.14. The standard InChI is InChI=1S/C14H19N3O4/c1-17-6-7-21-10(9-17)8-15-14(20)16-12-5-3-2-4-11(12)13(18)19/h2-5,10H,6-9H2,1H3,(H,18,19)(H2,15,16,20). The van der Waals surface area contributed by atoms with E-state index < -0.39 is 12.0 Å². The van der Waals surface area contributed by atoms with E-state index in [9.17, 15) is 9.59 Å². The summed E-state index contributed by atoms with van der Waals surface area (Å²) >= 11 is 0. The van der Waals surface area contributed by atoms with E-state index in [1.165, 1.54) is 6.07 Å². The number of aromatic carboxylic acids is 1. The molecule has 7 heteroatoms. The number of likely N-dealkylation sites (N-methyl/N-ethyl adjacent to an activating group) is 1. The highest BCUT2D eigenvalue weighted by molar-refractivity contribution is 5.99. The minimum atomic E-state index is -1.08. The summed E-state index contributed by atoms with van der Waals surface area (Å²) in [7, 11) is 2.00. The molecule has 1 aliphatic heterocycles. The molecule has 7 nitrogen and oxygen atoms in total. The van der Waals surface area contributed by atoms with Gasteiger partial charge in [0.05, 0.1) is 24.0 Å². The highest BCUT2D eigenvalue weighted by Gasteiger charge is 2.18. The van der Waals surface area contributed by atoms with Crippen molar-refractivity contribution in [3.8, 4) is 0 Å². The van der Waals surface area contributed by atoms with Gasteiger partial charge in [0.1, 0.15) is 0 Å². The smallest absolute Gasteiger partial charge is 0.337 e. The average molecular weight is 293 g/mol. The molecule has 1 atom stereocenters. The number of rotatable bonds is 4. The molecule has 0 radical (unpaired) electrons. The normalized spacial score (nSPS) is 19.0. The molecular formula is C14H19N3O4. The molecule has 0 bridgehead atoms. The van der Waals surface area contributed by atoms with Gasteiger partial charge in [0.2, 0.25) is 0 Å². The minimum Gasteiger partial charge on any atom is -0.478 e. The summed E-state index contributed by atoms with van der Waals surface area (Å²) in [6.45, 7) is 2.67. The molecule has 2 amide bonds. The molecule has 0 spiro atoms. The number of nitrogens with one attached hydrogen (secondary N) is 2. The zero-order valence-electron chi connectivity index (χ0n) is 11.8. The summed E-state index contributed by atoms with van der Waals surface area (Å²) in [4.78, 5) is 25.0. The quantitative estimate of drug-likeness (QED) is 0.765. The van der Waals surface area contributed by atoms with Crippen molar-refractivity contribution < 1.29 is 19.4 Å². The Morgan fingerprint density at radius 2 is 2.19 bits per heavy atom. The number of anilines is 1. The molecule has 1 aromatic rings. The first kappa shape index (κ1) is 15.3. The summed E-state index contributed by atoms with van der Waals surface area (Å²) in [6, 6.07) is 5.82. The average Bonchev–Trinajstić information content (AvgIpc) is 2.45. The Morgan fingerprint density at radius 3 is 2.90 bits per heavy atom. The van der Waals surface area contributed by atoms with E-state index in [0.717, 1.165) is 13.1 Å². The van der Waals surface area contributed by atoms with Crippen LogP contribution in [0.3, 0.4) is 0 Å². The van der Waals surface area contributed by atoms with E-state index in [0.29, 0.717) is 13.2 Å². The fourth-order valence-corrected chi connectivity index (χ4v) is 2.14. The Kier molecular flexibility index (Phi) is 5.13. The molecule has 1 aromatic carbocycles. The zero-order chi connectivity index (χ0) is 15.2. The van der Waals surface area contributed by atoms with Crippen molar-refractivity contribution in [1.82, 2.24) is 10.2 Å². The van der Waals surface area contributed by atoms with Gasteiger partial charge in [-0.15, -0.1) is 0 Å². The number of nitrogens with zero attached hydrogens (tertiary/aromatic N) is 1. The first-order valence-electron chi connectivity index (χ1n) is 6.73. The molecule has 1 saturated heterocycles. The number of benzene rings is 1. The molecule has 0 aliphatic carbocycles. The Morgan fingerprint density at radius 1 is 1.43 bits per heavy atom. The third-order valence-corrected chi connectivity index (χ3v) is 3.24. The number of para-hydroxylation sites is 1. The van der Waals surface area contributed by atoms with Crippen LogP contribution >= 0.6 is 0 Å². The van der Waals surface area contributed by atoms with Gasteiger partial charge in [-0.25, -0.2) is 9.59 Å². The minimum absolute atomic E-state index is 0.0517. The molecular weight excluding hydrogens is 274 g/mol. The number of carboxylic acid groups (broad SMARTS) is 1. The third kappa shape index (κ3) is 4.44. The summed E-state index contributed by atoms with van der Waals surface area (Å²) < 4.78 is 5.53. The molecule has 3 N–H and O–H groups in total. The van der Waals surface area contributed by atoms with Gasteiger partial charge in [0.25, 0.3) is 0 Å². The summed E-state index contributed by atoms with van der Waals surface area (Å²) in [6.07, 6.45) is -0.0517. The number of ether oxygens (including phenoxy) is 1. The lowest BCUT2D eigenvalue weighted by Crippen LogP contribution is -2.46. The number of hydrogen-bond donors (Lipinski definition) is 3. The number of carbonyl (C=O) groups is 2. The fraction of sp³-hybridized carbons (Fsp3) is 0.429. The van der Waals surface area contributed by atoms with Gasteiger partial charge in [0, 0.05) is 19.6 Å². The highest BCUT2D eigenvalue weighted by atomic mass is 16.5. The molecule has 1 unspecified atom stereocenters. The van der Waals surface area contributed by atoms with Crippen LogP contribution in [0.4, 0.5) is 10.5 Å². The monoisotopic (exact) mass is 293 g/mol. The molecule has 1 fully saturated rings. The van der Waals surface area contributed by atoms with Crippen molar-refractivity contribution in [2.45, 2.75) is 6.10 Å². The maximum Gasteiger partial charge on any atom is 0.337 e. The molecule has 1 heterocycles. The second kappa shape index (κ2) is 7.05. The Bertz CT molecular complexity index is 521. The molecule has 0 aromatic heterocycles. The predicted molar refractivity (Wildman–Crippen MR) is 77.7 cm³/mol. The van der Waals surface area contributed by atoms with Crippen LogP contribution in [0.2, 0.25) is 0 Å². The number of urea groups is 1. The van der Waals surface area contributed by atoms with E-state index in [2.05, 4.69) is 15.5 Å². The van der Waals surface area contributed by atoms with Crippen LogP contribution in [0, 0.1) is 0 Å². The lowest BCUT2D eigenvalue weighted by molar-refractivity contribution is -0.0166. The van der Waals surface area contributed by atoms with Crippen LogP contribution in [0.1, 0.15) is 10.4 Å². The second-order valence-corrected chi connectivity index (χ2v) is 4.94. The van der Waals surface area contributed by atoms with Crippen molar-refractivity contribution in [3.63, 3.8) is 0 Å². The van der Waals surface area contributed by atoms with E-state index >= 15 is 0 Å². The van der Waals surface area contributed by atoms with Crippen molar-refractivity contribution in [2.24, 2.45) is 0 Å². The predicted octanol–water partition coefficient (Wildman–Crippen LogP) is 0.837. The van der Waals surface area contributed by atoms with Gasteiger partial charge in [-0.3, -0.25) is 0 Å². The summed E-state index contributed by atoms with van der Waals surface area (Å²) in [5.74, 6) is -1.08. The van der Waals surface area contributed by atoms with E-state index in [-0.39, 0.29) is 17.4 Å². The van der Waals surface area contributed by atoms with E-state index in [1.807, 2.05) is 7.05 Å². The molecule has 1 aliphatic rings. The fourth-order valence-electron chi connectivity index (χ4n) is 2.14. The van der Waals surface area contributed by atoms with Gasteiger partial charge in [-0.05, 0) is 19.2 Å². The van der Waals surface area contributed by atoms with Gasteiger partial charge in [-0.2, -0.15) is 0 Å². The van der Waals surface area contributed by atoms with Crippen LogP contribution in [0.15, 0.2) is 24.3 Å². The number of carboxylic acids is 1. The van der Waals surface area contributed by atoms with Gasteiger partial charge < -0.3 is 25.4 Å². The van der Waals surface area contributed by atoms with Crippen LogP contribution < -0.4 is 10.6 Å². The third-order valence-electron chi connectivity index (χ3n) is 3.24. The maximum atomic E-state index is 11.8. The van der Waals surface area contributed by atoms with Crippen molar-refractivity contribution in [3.05, 3.63) is 29.8 Å². The summed E-state index contributed by atoms with van der Waals surface area (Å²) in [5, 5.41) is 14.3. The lowest BCUT2D eigenvalue weighted by atomic mass is 10.2. The van der Waals surface area contributed by atoms with Crippen molar-refractivity contribution in [1.29, 1.82) is 0 Å². The second-order valence-electron chi connectivity index (χ2n) is 4.94. The van der Waals surface area contributed by atoms with Gasteiger partial charge in [-0.1, -0.05) is 12.1 Å². The lowest BCUT2D eigenvalue weighted by Gasteiger charge is -2.30. The molecule has 21 heavy (non-hydrogen) atoms. The summed E-state index contributed by atoms with van der Waals surface area (Å²) in [5.41, 5.74) is 0.325. The zero-order valence-corrected chi connectivity index (χ0v) is 11.8. The van der Waals surface area contributed by atoms with Crippen molar-refractivity contribution >= 4 is 17.7 Å². The maximum absolute atomic E-state index is 11.8. The molecule has 114 valence electrons. The Labute approximate surface area is 122 Å². The SMILES string of the molecule is CN1CCOC(CNC(=O)Nc2ccccc2C(=O)O)C1. The van der Waals surface area contributed by atoms with Gasteiger partial charge >= 0.3 is 12.0 Å². The number of morpholine rings is 1. The first-order valence-corrected chi connectivity index (χ1v) is 6.73. The van der Waals surface area contributed by atoms with Crippen LogP contribution in [-0.4, -0.2) is 61.4 Å². The van der Waals surface area contributed by atoms with Crippen LogP contribution in [-0.2, 0) is 4.74 Å². The first-order chi connectivity index (χ1) is 10.1. The molecule has 2 rings (SSSR count). The topological polar surface area (TPSA) is 90.9 Å².